The van der Waals surface area contributed by atoms with Crippen LogP contribution in [-0.2, 0) is 17.4 Å². The van der Waals surface area contributed by atoms with Crippen molar-refractivity contribution >= 4 is 5.91 Å². The summed E-state index contributed by atoms with van der Waals surface area (Å²) in [5.41, 5.74) is -0.122. The summed E-state index contributed by atoms with van der Waals surface area (Å²) < 4.78 is 37.3. The van der Waals surface area contributed by atoms with Crippen LogP contribution >= 0.6 is 0 Å². The highest BCUT2D eigenvalue weighted by molar-refractivity contribution is 5.78. The molecule has 0 atom stereocenters. The highest BCUT2D eigenvalue weighted by Gasteiger charge is 2.29. The van der Waals surface area contributed by atoms with Gasteiger partial charge in [-0.3, -0.25) is 9.69 Å². The van der Waals surface area contributed by atoms with Crippen molar-refractivity contribution in [1.29, 1.82) is 0 Å². The van der Waals surface area contributed by atoms with E-state index in [2.05, 4.69) is 15.5 Å². The van der Waals surface area contributed by atoms with Gasteiger partial charge in [0.25, 0.3) is 0 Å². The highest BCUT2D eigenvalue weighted by Crippen LogP contribution is 2.29. The van der Waals surface area contributed by atoms with Crippen LogP contribution in [0, 0.1) is 0 Å². The van der Waals surface area contributed by atoms with Gasteiger partial charge in [-0.2, -0.15) is 13.2 Å². The number of carbonyl (C=O) groups excluding carboxylic acids is 1. The number of nitrogens with one attached hydrogen (secondary N) is 2. The Hall–Kier alpha value is -1.60. The Morgan fingerprint density at radius 2 is 1.82 bits per heavy atom. The molecule has 7 heteroatoms. The normalized spacial score (nSPS) is 16.5. The number of amides is 1. The number of alkyl halides is 3. The lowest BCUT2D eigenvalue weighted by molar-refractivity contribution is -0.137. The van der Waals surface area contributed by atoms with Gasteiger partial charge in [0.05, 0.1) is 12.0 Å². The maximum atomic E-state index is 12.4. The lowest BCUT2D eigenvalue weighted by Crippen LogP contribution is -2.46. The predicted octanol–water partition coefficient (Wildman–Crippen LogP) is 1.27. The molecule has 0 aliphatic carbocycles. The van der Waals surface area contributed by atoms with Gasteiger partial charge in [-0.1, -0.05) is 12.1 Å². The fourth-order valence-electron chi connectivity index (χ4n) is 2.35. The highest BCUT2D eigenvalue weighted by atomic mass is 19.4. The molecule has 1 heterocycles. The molecule has 4 nitrogen and oxygen atoms in total. The van der Waals surface area contributed by atoms with Crippen molar-refractivity contribution in [3.63, 3.8) is 0 Å². The van der Waals surface area contributed by atoms with Gasteiger partial charge in [-0.05, 0) is 17.7 Å². The summed E-state index contributed by atoms with van der Waals surface area (Å²) in [6, 6.07) is 4.70. The van der Waals surface area contributed by atoms with Crippen molar-refractivity contribution < 1.29 is 18.0 Å². The van der Waals surface area contributed by atoms with Gasteiger partial charge in [0.15, 0.2) is 0 Å². The van der Waals surface area contributed by atoms with E-state index in [1.165, 1.54) is 12.1 Å². The molecule has 2 N–H and O–H groups in total. The minimum atomic E-state index is -4.34. The van der Waals surface area contributed by atoms with E-state index in [1.807, 2.05) is 0 Å². The number of nitrogens with zero attached hydrogens (tertiary/aromatic N) is 1. The van der Waals surface area contributed by atoms with Crippen molar-refractivity contribution in [3.05, 3.63) is 35.4 Å². The van der Waals surface area contributed by atoms with Crippen LogP contribution in [0.2, 0.25) is 0 Å². The van der Waals surface area contributed by atoms with E-state index in [9.17, 15) is 18.0 Å². The zero-order chi connectivity index (χ0) is 16.0. The molecule has 1 aliphatic heterocycles. The molecule has 2 rings (SSSR count). The molecular weight excluding hydrogens is 295 g/mol. The Balaban J connectivity index is 1.72. The minimum absolute atomic E-state index is 0.0969. The molecule has 22 heavy (non-hydrogen) atoms. The van der Waals surface area contributed by atoms with Gasteiger partial charge in [-0.25, -0.2) is 0 Å². The van der Waals surface area contributed by atoms with Crippen LogP contribution in [0.5, 0.6) is 0 Å². The summed E-state index contributed by atoms with van der Waals surface area (Å²) in [6.07, 6.45) is -4.25. The lowest BCUT2D eigenvalue weighted by Gasteiger charge is -2.27. The van der Waals surface area contributed by atoms with E-state index >= 15 is 0 Å². The van der Waals surface area contributed by atoms with Gasteiger partial charge >= 0.3 is 6.18 Å². The smallest absolute Gasteiger partial charge is 0.355 e. The third kappa shape index (κ3) is 5.31. The zero-order valence-electron chi connectivity index (χ0n) is 12.2. The summed E-state index contributed by atoms with van der Waals surface area (Å²) >= 11 is 0. The molecule has 0 bridgehead atoms. The van der Waals surface area contributed by atoms with Crippen LogP contribution in [-0.4, -0.2) is 50.1 Å². The number of carbonyl (C=O) groups is 1. The first kappa shape index (κ1) is 16.8. The molecule has 0 saturated carbocycles. The number of hydrogen-bond acceptors (Lipinski definition) is 3. The quantitative estimate of drug-likeness (QED) is 0.860. The third-order valence-corrected chi connectivity index (χ3v) is 3.61. The fraction of sp³-hybridized carbons (Fsp3) is 0.533. The SMILES string of the molecule is O=C(Cc1ccc(C(F)(F)F)cc1)NCCN1CCNCC1. The summed E-state index contributed by atoms with van der Waals surface area (Å²) in [7, 11) is 0. The second kappa shape index (κ2) is 7.60. The Labute approximate surface area is 127 Å². The molecule has 0 unspecified atom stereocenters. The number of halogens is 3. The number of rotatable bonds is 5. The van der Waals surface area contributed by atoms with E-state index < -0.39 is 11.7 Å². The molecule has 0 aromatic heterocycles. The van der Waals surface area contributed by atoms with Crippen LogP contribution < -0.4 is 10.6 Å². The van der Waals surface area contributed by atoms with Gasteiger partial charge < -0.3 is 10.6 Å². The molecule has 1 aliphatic rings. The van der Waals surface area contributed by atoms with Crippen LogP contribution in [0.4, 0.5) is 13.2 Å². The van der Waals surface area contributed by atoms with E-state index in [4.69, 9.17) is 0 Å². The second-order valence-corrected chi connectivity index (χ2v) is 5.31. The van der Waals surface area contributed by atoms with Crippen LogP contribution in [0.3, 0.4) is 0 Å². The van der Waals surface area contributed by atoms with Crippen LogP contribution in [0.15, 0.2) is 24.3 Å². The first-order valence-corrected chi connectivity index (χ1v) is 7.31. The molecule has 0 radical (unpaired) electrons. The molecule has 0 spiro atoms. The topological polar surface area (TPSA) is 44.4 Å². The maximum absolute atomic E-state index is 12.4. The monoisotopic (exact) mass is 315 g/mol. The van der Waals surface area contributed by atoms with E-state index in [0.717, 1.165) is 44.9 Å². The lowest BCUT2D eigenvalue weighted by atomic mass is 10.1. The van der Waals surface area contributed by atoms with Crippen molar-refractivity contribution in [2.75, 3.05) is 39.3 Å². The van der Waals surface area contributed by atoms with E-state index in [1.54, 1.807) is 0 Å². The largest absolute Gasteiger partial charge is 0.416 e. The van der Waals surface area contributed by atoms with Gasteiger partial charge in [0.1, 0.15) is 0 Å². The summed E-state index contributed by atoms with van der Waals surface area (Å²) in [4.78, 5) is 14.0. The molecule has 1 aromatic rings. The molecule has 122 valence electrons. The standard InChI is InChI=1S/C15H20F3N3O/c16-15(17,18)13-3-1-12(2-4-13)11-14(22)20-7-10-21-8-5-19-6-9-21/h1-4,19H,5-11H2,(H,20,22). The van der Waals surface area contributed by atoms with Crippen LogP contribution in [0.1, 0.15) is 11.1 Å². The molecule has 1 amide bonds. The maximum Gasteiger partial charge on any atom is 0.416 e. The first-order valence-electron chi connectivity index (χ1n) is 7.31. The predicted molar refractivity (Wildman–Crippen MR) is 77.5 cm³/mol. The molecule has 1 aromatic carbocycles. The number of hydrogen-bond donors (Lipinski definition) is 2. The van der Waals surface area contributed by atoms with Crippen molar-refractivity contribution in [2.45, 2.75) is 12.6 Å². The number of piperazine rings is 1. The third-order valence-electron chi connectivity index (χ3n) is 3.61. The average molecular weight is 315 g/mol. The molecular formula is C15H20F3N3O. The second-order valence-electron chi connectivity index (χ2n) is 5.31. The van der Waals surface area contributed by atoms with E-state index in [0.29, 0.717) is 12.1 Å². The Morgan fingerprint density at radius 1 is 1.18 bits per heavy atom. The van der Waals surface area contributed by atoms with Crippen molar-refractivity contribution in [1.82, 2.24) is 15.5 Å². The van der Waals surface area contributed by atoms with E-state index in [-0.39, 0.29) is 12.3 Å². The molecule has 1 saturated heterocycles. The van der Waals surface area contributed by atoms with Gasteiger partial charge in [0.2, 0.25) is 5.91 Å². The Morgan fingerprint density at radius 3 is 2.41 bits per heavy atom. The number of benzene rings is 1. The Kier molecular flexibility index (Phi) is 5.79. The van der Waals surface area contributed by atoms with Gasteiger partial charge in [0, 0.05) is 39.3 Å². The average Bonchev–Trinajstić information content (AvgIpc) is 2.48. The first-order chi connectivity index (χ1) is 10.4. The van der Waals surface area contributed by atoms with Gasteiger partial charge in [-0.15, -0.1) is 0 Å². The summed E-state index contributed by atoms with van der Waals surface area (Å²) in [6.45, 7) is 5.20. The van der Waals surface area contributed by atoms with Crippen molar-refractivity contribution in [3.8, 4) is 0 Å². The molecule has 1 fully saturated rings. The zero-order valence-corrected chi connectivity index (χ0v) is 12.2. The fourth-order valence-corrected chi connectivity index (χ4v) is 2.35. The Bertz CT molecular complexity index is 482. The van der Waals surface area contributed by atoms with Crippen molar-refractivity contribution in [2.24, 2.45) is 0 Å². The summed E-state index contributed by atoms with van der Waals surface area (Å²) in [5.74, 6) is -0.171. The summed E-state index contributed by atoms with van der Waals surface area (Å²) in [5, 5.41) is 6.05. The minimum Gasteiger partial charge on any atom is -0.355 e. The van der Waals surface area contributed by atoms with Crippen LogP contribution in [0.25, 0.3) is 0 Å².